The fraction of sp³-hybridized carbons (Fsp3) is 0.429. The SMILES string of the molecule is Cn1cc(C(C)(C)CN)c2cc3c(cc21)OCO3. The van der Waals surface area contributed by atoms with Crippen LogP contribution in [0.5, 0.6) is 11.5 Å². The number of fused-ring (bicyclic) bond motifs is 2. The summed E-state index contributed by atoms with van der Waals surface area (Å²) in [5, 5.41) is 1.19. The van der Waals surface area contributed by atoms with Crippen LogP contribution in [-0.4, -0.2) is 17.9 Å². The first-order chi connectivity index (χ1) is 8.53. The summed E-state index contributed by atoms with van der Waals surface area (Å²) in [5.41, 5.74) is 8.24. The molecule has 0 atom stereocenters. The normalized spacial score (nSPS) is 14.4. The third kappa shape index (κ3) is 1.49. The molecule has 4 nitrogen and oxygen atoms in total. The van der Waals surface area contributed by atoms with Crippen molar-refractivity contribution >= 4 is 10.9 Å². The van der Waals surface area contributed by atoms with Crippen molar-refractivity contribution in [2.75, 3.05) is 13.3 Å². The second-order valence-corrected chi connectivity index (χ2v) is 5.46. The molecule has 1 aliphatic heterocycles. The number of hydrogen-bond donors (Lipinski definition) is 1. The Morgan fingerprint density at radius 1 is 1.28 bits per heavy atom. The van der Waals surface area contributed by atoms with Crippen molar-refractivity contribution < 1.29 is 9.47 Å². The first kappa shape index (κ1) is 11.4. The van der Waals surface area contributed by atoms with Gasteiger partial charge in [-0.05, 0) is 11.6 Å². The van der Waals surface area contributed by atoms with Gasteiger partial charge in [-0.2, -0.15) is 0 Å². The fourth-order valence-corrected chi connectivity index (χ4v) is 2.42. The van der Waals surface area contributed by atoms with Crippen LogP contribution in [0.15, 0.2) is 18.3 Å². The molecule has 0 radical (unpaired) electrons. The summed E-state index contributed by atoms with van der Waals surface area (Å²) in [6.45, 7) is 5.24. The standard InChI is InChI=1S/C14H18N2O2/c1-14(2,7-15)10-6-16(3)11-5-13-12(4-9(10)11)17-8-18-13/h4-6H,7-8,15H2,1-3H3. The molecule has 0 saturated heterocycles. The monoisotopic (exact) mass is 246 g/mol. The van der Waals surface area contributed by atoms with E-state index in [9.17, 15) is 0 Å². The highest BCUT2D eigenvalue weighted by Gasteiger charge is 2.25. The maximum atomic E-state index is 5.89. The highest BCUT2D eigenvalue weighted by atomic mass is 16.7. The second-order valence-electron chi connectivity index (χ2n) is 5.46. The van der Waals surface area contributed by atoms with E-state index in [1.165, 1.54) is 10.9 Å². The Kier molecular flexibility index (Phi) is 2.32. The molecule has 1 aromatic carbocycles. The lowest BCUT2D eigenvalue weighted by Crippen LogP contribution is -2.27. The van der Waals surface area contributed by atoms with Crippen LogP contribution in [0.2, 0.25) is 0 Å². The van der Waals surface area contributed by atoms with Gasteiger partial charge < -0.3 is 19.8 Å². The van der Waals surface area contributed by atoms with E-state index in [2.05, 4.69) is 30.7 Å². The Balaban J connectivity index is 2.29. The van der Waals surface area contributed by atoms with Crippen molar-refractivity contribution in [2.24, 2.45) is 12.8 Å². The van der Waals surface area contributed by atoms with Gasteiger partial charge in [-0.15, -0.1) is 0 Å². The van der Waals surface area contributed by atoms with Crippen molar-refractivity contribution in [3.05, 3.63) is 23.9 Å². The van der Waals surface area contributed by atoms with Crippen LogP contribution in [-0.2, 0) is 12.5 Å². The van der Waals surface area contributed by atoms with Crippen molar-refractivity contribution in [3.63, 3.8) is 0 Å². The summed E-state index contributed by atoms with van der Waals surface area (Å²) in [7, 11) is 2.04. The Morgan fingerprint density at radius 3 is 2.61 bits per heavy atom. The molecular formula is C14H18N2O2. The summed E-state index contributed by atoms with van der Waals surface area (Å²) >= 11 is 0. The first-order valence-electron chi connectivity index (χ1n) is 6.12. The first-order valence-corrected chi connectivity index (χ1v) is 6.12. The molecule has 3 rings (SSSR count). The van der Waals surface area contributed by atoms with E-state index >= 15 is 0 Å². The van der Waals surface area contributed by atoms with Gasteiger partial charge in [0.15, 0.2) is 11.5 Å². The van der Waals surface area contributed by atoms with Crippen molar-refractivity contribution in [1.82, 2.24) is 4.57 Å². The molecule has 0 saturated carbocycles. The van der Waals surface area contributed by atoms with Crippen molar-refractivity contribution in [2.45, 2.75) is 19.3 Å². The summed E-state index contributed by atoms with van der Waals surface area (Å²) in [5.74, 6) is 1.64. The number of aromatic nitrogens is 1. The molecule has 18 heavy (non-hydrogen) atoms. The molecule has 4 heteroatoms. The van der Waals surface area contributed by atoms with E-state index in [0.29, 0.717) is 13.3 Å². The van der Waals surface area contributed by atoms with Crippen molar-refractivity contribution in [1.29, 1.82) is 0 Å². The molecule has 0 bridgehead atoms. The van der Waals surface area contributed by atoms with Gasteiger partial charge in [0.25, 0.3) is 0 Å². The number of nitrogens with zero attached hydrogens (tertiary/aromatic N) is 1. The van der Waals surface area contributed by atoms with Gasteiger partial charge in [0.2, 0.25) is 6.79 Å². The predicted molar refractivity (Wildman–Crippen MR) is 71.1 cm³/mol. The zero-order chi connectivity index (χ0) is 12.9. The topological polar surface area (TPSA) is 49.4 Å². The van der Waals surface area contributed by atoms with Crippen LogP contribution in [0.25, 0.3) is 10.9 Å². The van der Waals surface area contributed by atoms with Crippen LogP contribution in [0.3, 0.4) is 0 Å². The van der Waals surface area contributed by atoms with Crippen LogP contribution < -0.4 is 15.2 Å². The lowest BCUT2D eigenvalue weighted by molar-refractivity contribution is 0.174. The van der Waals surface area contributed by atoms with E-state index in [1.807, 2.05) is 13.1 Å². The minimum atomic E-state index is -0.0484. The maximum Gasteiger partial charge on any atom is 0.231 e. The summed E-state index contributed by atoms with van der Waals surface area (Å²) < 4.78 is 13.0. The Bertz CT molecular complexity index is 614. The zero-order valence-corrected chi connectivity index (χ0v) is 11.0. The molecule has 96 valence electrons. The highest BCUT2D eigenvalue weighted by molar-refractivity contribution is 5.88. The second kappa shape index (κ2) is 3.65. The van der Waals surface area contributed by atoms with Gasteiger partial charge in [-0.25, -0.2) is 0 Å². The van der Waals surface area contributed by atoms with Gasteiger partial charge in [-0.3, -0.25) is 0 Å². The Labute approximate surface area is 106 Å². The van der Waals surface area contributed by atoms with Gasteiger partial charge in [0.05, 0.1) is 5.52 Å². The molecule has 0 fully saturated rings. The largest absolute Gasteiger partial charge is 0.454 e. The molecule has 2 N–H and O–H groups in total. The predicted octanol–water partition coefficient (Wildman–Crippen LogP) is 2.14. The third-order valence-corrected chi connectivity index (χ3v) is 3.72. The van der Waals surface area contributed by atoms with E-state index in [-0.39, 0.29) is 5.41 Å². The molecular weight excluding hydrogens is 228 g/mol. The summed E-state index contributed by atoms with van der Waals surface area (Å²) in [6.07, 6.45) is 2.15. The molecule has 0 amide bonds. The number of ether oxygens (including phenoxy) is 2. The number of rotatable bonds is 2. The maximum absolute atomic E-state index is 5.89. The smallest absolute Gasteiger partial charge is 0.231 e. The molecule has 1 aliphatic rings. The van der Waals surface area contributed by atoms with Gasteiger partial charge in [0, 0.05) is 36.7 Å². The van der Waals surface area contributed by atoms with E-state index < -0.39 is 0 Å². The van der Waals surface area contributed by atoms with Crippen LogP contribution in [0.4, 0.5) is 0 Å². The van der Waals surface area contributed by atoms with Gasteiger partial charge in [0.1, 0.15) is 0 Å². The number of benzene rings is 1. The van der Waals surface area contributed by atoms with E-state index in [4.69, 9.17) is 15.2 Å². The minimum Gasteiger partial charge on any atom is -0.454 e. The summed E-state index contributed by atoms with van der Waals surface area (Å²) in [6, 6.07) is 4.10. The Morgan fingerprint density at radius 2 is 1.94 bits per heavy atom. The number of nitrogens with two attached hydrogens (primary N) is 1. The van der Waals surface area contributed by atoms with Crippen LogP contribution >= 0.6 is 0 Å². The third-order valence-electron chi connectivity index (χ3n) is 3.72. The average Bonchev–Trinajstić information content (AvgIpc) is 2.92. The number of aryl methyl sites for hydroxylation is 1. The van der Waals surface area contributed by atoms with Gasteiger partial charge in [-0.1, -0.05) is 13.8 Å². The molecule has 2 aromatic rings. The Hall–Kier alpha value is -1.68. The van der Waals surface area contributed by atoms with Crippen LogP contribution in [0, 0.1) is 0 Å². The lowest BCUT2D eigenvalue weighted by atomic mass is 9.84. The zero-order valence-electron chi connectivity index (χ0n) is 11.0. The highest BCUT2D eigenvalue weighted by Crippen LogP contribution is 2.40. The molecule has 0 unspecified atom stereocenters. The molecule has 0 aliphatic carbocycles. The van der Waals surface area contributed by atoms with Crippen LogP contribution in [0.1, 0.15) is 19.4 Å². The molecule has 0 spiro atoms. The van der Waals surface area contributed by atoms with Gasteiger partial charge >= 0.3 is 0 Å². The molecule has 2 heterocycles. The quantitative estimate of drug-likeness (QED) is 0.883. The lowest BCUT2D eigenvalue weighted by Gasteiger charge is -2.21. The van der Waals surface area contributed by atoms with Crippen molar-refractivity contribution in [3.8, 4) is 11.5 Å². The van der Waals surface area contributed by atoms with E-state index in [0.717, 1.165) is 17.0 Å². The number of hydrogen-bond acceptors (Lipinski definition) is 3. The molecule has 1 aromatic heterocycles. The van der Waals surface area contributed by atoms with E-state index in [1.54, 1.807) is 0 Å². The minimum absolute atomic E-state index is 0.0484. The summed E-state index contributed by atoms with van der Waals surface area (Å²) in [4.78, 5) is 0. The fourth-order valence-electron chi connectivity index (χ4n) is 2.42. The average molecular weight is 246 g/mol.